The maximum Gasteiger partial charge on any atom is 0.426 e. The van der Waals surface area contributed by atoms with Crippen molar-refractivity contribution in [3.05, 3.63) is 53.7 Å². The molecule has 1 heterocycles. The Morgan fingerprint density at radius 3 is 2.32 bits per heavy atom. The number of H-pyrrole nitrogens is 1. The van der Waals surface area contributed by atoms with Gasteiger partial charge in [-0.3, -0.25) is 5.01 Å². The smallest absolute Gasteiger partial charge is 0.426 e. The number of aromatic nitrogens is 1. The Hall–Kier alpha value is -2.43. The molecular formula is C23H35N3O2. The van der Waals surface area contributed by atoms with Crippen molar-refractivity contribution < 1.29 is 9.90 Å². The van der Waals surface area contributed by atoms with E-state index in [2.05, 4.69) is 18.0 Å². The van der Waals surface area contributed by atoms with Crippen LogP contribution in [0.25, 0.3) is 0 Å². The highest BCUT2D eigenvalue weighted by atomic mass is 16.4. The summed E-state index contributed by atoms with van der Waals surface area (Å²) in [6.07, 6.45) is 8.30. The molecular weight excluding hydrogens is 350 g/mol. The fourth-order valence-corrected chi connectivity index (χ4v) is 3.42. The number of benzene rings is 1. The molecule has 0 aliphatic rings. The van der Waals surface area contributed by atoms with Crippen molar-refractivity contribution >= 4 is 11.9 Å². The van der Waals surface area contributed by atoms with E-state index in [1.807, 2.05) is 62.3 Å². The second kappa shape index (κ2) is 10.2. The highest BCUT2D eigenvalue weighted by Gasteiger charge is 2.33. The monoisotopic (exact) mass is 385 g/mol. The van der Waals surface area contributed by atoms with E-state index in [-0.39, 0.29) is 0 Å². The fourth-order valence-electron chi connectivity index (χ4n) is 3.42. The third-order valence-corrected chi connectivity index (χ3v) is 4.81. The van der Waals surface area contributed by atoms with Crippen LogP contribution >= 0.6 is 0 Å². The normalized spacial score (nSPS) is 11.4. The summed E-state index contributed by atoms with van der Waals surface area (Å²) in [5, 5.41) is 13.2. The first-order valence-electron chi connectivity index (χ1n) is 10.3. The van der Waals surface area contributed by atoms with E-state index < -0.39 is 11.6 Å². The summed E-state index contributed by atoms with van der Waals surface area (Å²) in [6, 6.07) is 12.1. The van der Waals surface area contributed by atoms with E-state index in [9.17, 15) is 9.90 Å². The Morgan fingerprint density at radius 1 is 1.04 bits per heavy atom. The Balaban J connectivity index is 2.20. The van der Waals surface area contributed by atoms with Gasteiger partial charge in [0, 0.05) is 6.20 Å². The quantitative estimate of drug-likeness (QED) is 0.376. The molecule has 2 N–H and O–H groups in total. The summed E-state index contributed by atoms with van der Waals surface area (Å²) in [4.78, 5) is 15.4. The number of nitrogens with zero attached hydrogens (tertiary/aromatic N) is 2. The Kier molecular flexibility index (Phi) is 7.97. The average Bonchev–Trinajstić information content (AvgIpc) is 3.09. The summed E-state index contributed by atoms with van der Waals surface area (Å²) in [7, 11) is 0. The Morgan fingerprint density at radius 2 is 1.71 bits per heavy atom. The topological polar surface area (TPSA) is 59.6 Å². The molecule has 0 bridgehead atoms. The lowest BCUT2D eigenvalue weighted by Crippen LogP contribution is -2.55. The predicted octanol–water partition coefficient (Wildman–Crippen LogP) is 6.23. The minimum atomic E-state index is -0.959. The van der Waals surface area contributed by atoms with Crippen LogP contribution < -0.4 is 5.01 Å². The second-order valence-corrected chi connectivity index (χ2v) is 8.37. The zero-order chi connectivity index (χ0) is 20.6. The van der Waals surface area contributed by atoms with Gasteiger partial charge in [-0.15, -0.1) is 0 Å². The molecule has 1 aromatic carbocycles. The number of aryl methyl sites for hydroxylation is 1. The molecule has 2 aromatic rings. The second-order valence-electron chi connectivity index (χ2n) is 8.37. The van der Waals surface area contributed by atoms with Crippen molar-refractivity contribution in [3.63, 3.8) is 0 Å². The number of carboxylic acid groups (broad SMARTS) is 1. The lowest BCUT2D eigenvalue weighted by atomic mass is 10.1. The van der Waals surface area contributed by atoms with Gasteiger partial charge < -0.3 is 10.1 Å². The third kappa shape index (κ3) is 6.32. The number of anilines is 1. The van der Waals surface area contributed by atoms with Crippen molar-refractivity contribution in [2.45, 2.75) is 78.3 Å². The molecule has 0 atom stereocenters. The van der Waals surface area contributed by atoms with Gasteiger partial charge in [-0.2, -0.15) is 0 Å². The summed E-state index contributed by atoms with van der Waals surface area (Å²) < 4.78 is 0. The van der Waals surface area contributed by atoms with Gasteiger partial charge in [0.05, 0.1) is 12.1 Å². The minimum absolute atomic E-state index is 0.487. The van der Waals surface area contributed by atoms with Crippen LogP contribution in [0.4, 0.5) is 10.6 Å². The molecule has 154 valence electrons. The van der Waals surface area contributed by atoms with Crippen molar-refractivity contribution in [3.8, 4) is 0 Å². The van der Waals surface area contributed by atoms with Gasteiger partial charge >= 0.3 is 6.09 Å². The van der Waals surface area contributed by atoms with E-state index >= 15 is 0 Å². The molecule has 0 unspecified atom stereocenters. The highest BCUT2D eigenvalue weighted by molar-refractivity contribution is 5.69. The van der Waals surface area contributed by atoms with Gasteiger partial charge in [-0.1, -0.05) is 62.9 Å². The van der Waals surface area contributed by atoms with Gasteiger partial charge in [0.25, 0.3) is 0 Å². The first-order valence-corrected chi connectivity index (χ1v) is 10.3. The van der Waals surface area contributed by atoms with Crippen LogP contribution in [0.5, 0.6) is 0 Å². The van der Waals surface area contributed by atoms with E-state index in [0.29, 0.717) is 6.54 Å². The number of unbranched alkanes of at least 4 members (excludes halogenated alkanes) is 4. The number of carbonyl (C=O) groups is 1. The van der Waals surface area contributed by atoms with E-state index in [1.54, 1.807) is 0 Å². The number of rotatable bonds is 10. The minimum Gasteiger partial charge on any atom is -0.464 e. The maximum absolute atomic E-state index is 12.1. The fraction of sp³-hybridized carbons (Fsp3) is 0.522. The largest absolute Gasteiger partial charge is 0.464 e. The first kappa shape index (κ1) is 21.9. The molecule has 0 aliphatic carbocycles. The zero-order valence-corrected chi connectivity index (χ0v) is 17.7. The summed E-state index contributed by atoms with van der Waals surface area (Å²) in [5.41, 5.74) is 1.73. The van der Waals surface area contributed by atoms with Crippen LogP contribution in [-0.4, -0.2) is 26.7 Å². The van der Waals surface area contributed by atoms with Gasteiger partial charge in [0.2, 0.25) is 0 Å². The molecule has 0 spiro atoms. The molecule has 1 aromatic heterocycles. The summed E-state index contributed by atoms with van der Waals surface area (Å²) in [5.74, 6) is 0.810. The number of hydrazine groups is 1. The van der Waals surface area contributed by atoms with Gasteiger partial charge in [0.15, 0.2) is 0 Å². The highest BCUT2D eigenvalue weighted by Crippen LogP contribution is 2.26. The van der Waals surface area contributed by atoms with Crippen LogP contribution in [0, 0.1) is 0 Å². The molecule has 2 rings (SSSR count). The number of hydrogen-bond acceptors (Lipinski definition) is 2. The van der Waals surface area contributed by atoms with Gasteiger partial charge in [-0.25, -0.2) is 9.80 Å². The molecule has 1 amide bonds. The van der Waals surface area contributed by atoms with Crippen LogP contribution in [0.15, 0.2) is 42.6 Å². The van der Waals surface area contributed by atoms with Crippen LogP contribution in [0.2, 0.25) is 0 Å². The zero-order valence-electron chi connectivity index (χ0n) is 17.7. The SMILES string of the molecule is CCCCCCCc1c[nH]c(N(Cc2ccccc2)N(C(=O)O)C(C)(C)C)c1. The van der Waals surface area contributed by atoms with E-state index in [0.717, 1.165) is 24.2 Å². The molecule has 0 radical (unpaired) electrons. The molecule has 5 nitrogen and oxygen atoms in total. The van der Waals surface area contributed by atoms with Crippen molar-refractivity contribution in [1.82, 2.24) is 9.99 Å². The summed E-state index contributed by atoms with van der Waals surface area (Å²) in [6.45, 7) is 8.45. The van der Waals surface area contributed by atoms with Crippen LogP contribution in [0.3, 0.4) is 0 Å². The Bertz CT molecular complexity index is 719. The summed E-state index contributed by atoms with van der Waals surface area (Å²) >= 11 is 0. The average molecular weight is 386 g/mol. The molecule has 0 aliphatic heterocycles. The molecule has 0 fully saturated rings. The Labute approximate surface area is 169 Å². The van der Waals surface area contributed by atoms with E-state index in [4.69, 9.17) is 0 Å². The first-order chi connectivity index (χ1) is 13.3. The number of amides is 1. The van der Waals surface area contributed by atoms with Crippen molar-refractivity contribution in [2.24, 2.45) is 0 Å². The van der Waals surface area contributed by atoms with Gasteiger partial charge in [-0.05, 0) is 50.8 Å². The van der Waals surface area contributed by atoms with Crippen LogP contribution in [-0.2, 0) is 13.0 Å². The lowest BCUT2D eigenvalue weighted by molar-refractivity contribution is 0.0896. The number of aromatic amines is 1. The molecule has 0 saturated heterocycles. The van der Waals surface area contributed by atoms with Gasteiger partial charge in [0.1, 0.15) is 5.82 Å². The predicted molar refractivity (Wildman–Crippen MR) is 115 cm³/mol. The number of nitrogens with one attached hydrogen (secondary N) is 1. The lowest BCUT2D eigenvalue weighted by Gasteiger charge is -2.42. The third-order valence-electron chi connectivity index (χ3n) is 4.81. The van der Waals surface area contributed by atoms with E-state index in [1.165, 1.54) is 36.3 Å². The standard InChI is InChI=1S/C23H35N3O2/c1-5-6-7-8-10-15-20-16-21(24-17-20)25(18-19-13-11-9-12-14-19)26(22(27)28)23(2,3)4/h9,11-14,16-17,24H,5-8,10,15,18H2,1-4H3,(H,27,28). The van der Waals surface area contributed by atoms with Crippen LogP contribution in [0.1, 0.15) is 70.9 Å². The van der Waals surface area contributed by atoms with Crippen molar-refractivity contribution in [2.75, 3.05) is 5.01 Å². The number of hydrogen-bond donors (Lipinski definition) is 2. The van der Waals surface area contributed by atoms with Crippen molar-refractivity contribution in [1.29, 1.82) is 0 Å². The molecule has 0 saturated carbocycles. The molecule has 5 heteroatoms. The molecule has 28 heavy (non-hydrogen) atoms. The maximum atomic E-state index is 12.1.